The van der Waals surface area contributed by atoms with Gasteiger partial charge >= 0.3 is 6.09 Å². The van der Waals surface area contributed by atoms with Gasteiger partial charge in [0, 0.05) is 20.6 Å². The third kappa shape index (κ3) is 4.20. The van der Waals surface area contributed by atoms with E-state index in [1.165, 1.54) is 7.05 Å². The van der Waals surface area contributed by atoms with Crippen molar-refractivity contribution in [2.24, 2.45) is 0 Å². The maximum Gasteiger partial charge on any atom is 0.407 e. The molecule has 0 radical (unpaired) electrons. The highest BCUT2D eigenvalue weighted by Crippen LogP contribution is 2.17. The molecule has 3 atom stereocenters. The first-order chi connectivity index (χ1) is 7.65. The van der Waals surface area contributed by atoms with E-state index < -0.39 is 12.2 Å². The molecule has 2 N–H and O–H groups in total. The molecule has 0 spiro atoms. The highest BCUT2D eigenvalue weighted by molar-refractivity contribution is 5.67. The number of aliphatic hydroxyl groups is 1. The second-order valence-electron chi connectivity index (χ2n) is 3.82. The number of ether oxygens (including phenoxy) is 2. The maximum atomic E-state index is 11.1. The van der Waals surface area contributed by atoms with Gasteiger partial charge in [0.05, 0.1) is 12.2 Å². The Balaban J connectivity index is 2.60. The van der Waals surface area contributed by atoms with Gasteiger partial charge in [0.15, 0.2) is 0 Å². The van der Waals surface area contributed by atoms with Gasteiger partial charge in [-0.05, 0) is 18.9 Å². The molecule has 1 amide bonds. The summed E-state index contributed by atoms with van der Waals surface area (Å²) < 4.78 is 10.4. The van der Waals surface area contributed by atoms with Crippen LogP contribution in [-0.2, 0) is 9.47 Å². The molecule has 1 rings (SSSR count). The number of alkyl carbamates (subject to hydrolysis) is 1. The summed E-state index contributed by atoms with van der Waals surface area (Å²) in [4.78, 5) is 11.1. The fraction of sp³-hybridized carbons (Fsp3) is 0.727. The summed E-state index contributed by atoms with van der Waals surface area (Å²) in [5.41, 5.74) is 0. The number of aliphatic hydroxyl groups excluding tert-OH is 1. The second-order valence-corrected chi connectivity index (χ2v) is 3.82. The van der Waals surface area contributed by atoms with Gasteiger partial charge in [0.2, 0.25) is 0 Å². The van der Waals surface area contributed by atoms with E-state index >= 15 is 0 Å². The van der Waals surface area contributed by atoms with E-state index in [4.69, 9.17) is 9.47 Å². The summed E-state index contributed by atoms with van der Waals surface area (Å²) in [7, 11) is 3.14. The zero-order chi connectivity index (χ0) is 12.0. The van der Waals surface area contributed by atoms with Crippen molar-refractivity contribution in [3.05, 3.63) is 12.2 Å². The van der Waals surface area contributed by atoms with Gasteiger partial charge in [0.25, 0.3) is 0 Å². The van der Waals surface area contributed by atoms with Gasteiger partial charge in [-0.1, -0.05) is 6.08 Å². The van der Waals surface area contributed by atoms with Crippen LogP contribution in [-0.4, -0.2) is 43.7 Å². The second kappa shape index (κ2) is 6.50. The molecule has 1 aliphatic carbocycles. The molecule has 92 valence electrons. The highest BCUT2D eigenvalue weighted by atomic mass is 16.6. The molecule has 1 aliphatic rings. The Bertz CT molecular complexity index is 254. The fourth-order valence-corrected chi connectivity index (χ4v) is 1.66. The van der Waals surface area contributed by atoms with Crippen LogP contribution in [0.2, 0.25) is 0 Å². The van der Waals surface area contributed by atoms with Crippen LogP contribution in [0.15, 0.2) is 12.2 Å². The summed E-state index contributed by atoms with van der Waals surface area (Å²) in [5, 5.41) is 11.9. The molecule has 16 heavy (non-hydrogen) atoms. The highest BCUT2D eigenvalue weighted by Gasteiger charge is 2.20. The molecular formula is C11H19NO4. The first-order valence-electron chi connectivity index (χ1n) is 5.43. The molecule has 0 saturated carbocycles. The quantitative estimate of drug-likeness (QED) is 0.688. The summed E-state index contributed by atoms with van der Waals surface area (Å²) in [6.45, 7) is 0. The van der Waals surface area contributed by atoms with Crippen LogP contribution >= 0.6 is 0 Å². The number of amides is 1. The molecule has 5 nitrogen and oxygen atoms in total. The molecule has 0 aromatic rings. The minimum atomic E-state index is -0.492. The molecule has 0 fully saturated rings. The van der Waals surface area contributed by atoms with Crippen molar-refractivity contribution >= 4 is 6.09 Å². The van der Waals surface area contributed by atoms with E-state index in [0.29, 0.717) is 12.8 Å². The van der Waals surface area contributed by atoms with Gasteiger partial charge < -0.3 is 19.9 Å². The lowest BCUT2D eigenvalue weighted by Crippen LogP contribution is -2.30. The van der Waals surface area contributed by atoms with Crippen LogP contribution in [0, 0.1) is 0 Å². The number of hydrogen-bond donors (Lipinski definition) is 2. The van der Waals surface area contributed by atoms with Gasteiger partial charge in [0.1, 0.15) is 6.10 Å². The monoisotopic (exact) mass is 229 g/mol. The van der Waals surface area contributed by atoms with Crippen molar-refractivity contribution in [2.45, 2.75) is 37.6 Å². The predicted molar refractivity (Wildman–Crippen MR) is 59.1 cm³/mol. The van der Waals surface area contributed by atoms with Gasteiger partial charge in [-0.3, -0.25) is 0 Å². The smallest absolute Gasteiger partial charge is 0.407 e. The lowest BCUT2D eigenvalue weighted by atomic mass is 10.00. The Hall–Kier alpha value is -1.07. The van der Waals surface area contributed by atoms with Crippen molar-refractivity contribution in [3.8, 4) is 0 Å². The van der Waals surface area contributed by atoms with E-state index in [1.54, 1.807) is 19.3 Å². The Morgan fingerprint density at radius 3 is 2.81 bits per heavy atom. The number of hydrogen-bond acceptors (Lipinski definition) is 4. The minimum Gasteiger partial charge on any atom is -0.442 e. The van der Waals surface area contributed by atoms with Crippen molar-refractivity contribution in [1.29, 1.82) is 0 Å². The molecule has 0 aliphatic heterocycles. The predicted octanol–water partition coefficient (Wildman–Crippen LogP) is 0.827. The van der Waals surface area contributed by atoms with Crippen LogP contribution in [0.1, 0.15) is 19.3 Å². The summed E-state index contributed by atoms with van der Waals surface area (Å²) >= 11 is 0. The summed E-state index contributed by atoms with van der Waals surface area (Å²) in [5.74, 6) is 0. The van der Waals surface area contributed by atoms with E-state index in [1.807, 2.05) is 0 Å². The van der Waals surface area contributed by atoms with Gasteiger partial charge in [-0.2, -0.15) is 0 Å². The molecular weight excluding hydrogens is 210 g/mol. The minimum absolute atomic E-state index is 0.00857. The Morgan fingerprint density at radius 2 is 2.19 bits per heavy atom. The molecule has 0 aromatic carbocycles. The fourth-order valence-electron chi connectivity index (χ4n) is 1.66. The van der Waals surface area contributed by atoms with Crippen LogP contribution in [0.4, 0.5) is 4.79 Å². The van der Waals surface area contributed by atoms with E-state index in [0.717, 1.165) is 6.42 Å². The van der Waals surface area contributed by atoms with Crippen molar-refractivity contribution < 1.29 is 19.4 Å². The normalized spacial score (nSPS) is 32.3. The standard InChI is InChI=1S/C11H19NO4/c1-12-11(14)16-10-6-4-8(13)3-5-9(7-10)15-2/h4,6,8-10,13H,3,5,7H2,1-2H3,(H,12,14)/b6-4+. The Kier molecular flexibility index (Phi) is 5.28. The number of nitrogens with one attached hydrogen (secondary N) is 1. The topological polar surface area (TPSA) is 67.8 Å². The Labute approximate surface area is 95.4 Å². The number of methoxy groups -OCH3 is 1. The largest absolute Gasteiger partial charge is 0.442 e. The molecule has 0 bridgehead atoms. The van der Waals surface area contributed by atoms with Crippen LogP contribution in [0.25, 0.3) is 0 Å². The lowest BCUT2D eigenvalue weighted by Gasteiger charge is -2.23. The molecule has 3 unspecified atom stereocenters. The van der Waals surface area contributed by atoms with E-state index in [-0.39, 0.29) is 12.2 Å². The SMILES string of the molecule is CNC(=O)OC1/C=C/C(O)CCC(OC)C1. The number of rotatable bonds is 2. The van der Waals surface area contributed by atoms with Gasteiger partial charge in [-0.15, -0.1) is 0 Å². The van der Waals surface area contributed by atoms with Gasteiger partial charge in [-0.25, -0.2) is 4.79 Å². The van der Waals surface area contributed by atoms with Crippen LogP contribution in [0.5, 0.6) is 0 Å². The zero-order valence-electron chi connectivity index (χ0n) is 9.68. The average molecular weight is 229 g/mol. The number of carbonyl (C=O) groups excluding carboxylic acids is 1. The van der Waals surface area contributed by atoms with Crippen molar-refractivity contribution in [3.63, 3.8) is 0 Å². The summed E-state index contributed by atoms with van der Waals surface area (Å²) in [6, 6.07) is 0. The van der Waals surface area contributed by atoms with Crippen LogP contribution < -0.4 is 5.32 Å². The van der Waals surface area contributed by atoms with Crippen molar-refractivity contribution in [2.75, 3.05) is 14.2 Å². The molecule has 0 saturated heterocycles. The number of carbonyl (C=O) groups is 1. The zero-order valence-corrected chi connectivity index (χ0v) is 9.68. The van der Waals surface area contributed by atoms with E-state index in [9.17, 15) is 9.90 Å². The van der Waals surface area contributed by atoms with Crippen LogP contribution in [0.3, 0.4) is 0 Å². The Morgan fingerprint density at radius 1 is 1.44 bits per heavy atom. The lowest BCUT2D eigenvalue weighted by molar-refractivity contribution is 0.0324. The first-order valence-corrected chi connectivity index (χ1v) is 5.43. The molecule has 0 heterocycles. The van der Waals surface area contributed by atoms with Crippen molar-refractivity contribution in [1.82, 2.24) is 5.32 Å². The van der Waals surface area contributed by atoms with E-state index in [2.05, 4.69) is 5.32 Å². The first kappa shape index (κ1) is 13.0. The average Bonchev–Trinajstić information content (AvgIpc) is 2.28. The molecule has 0 aromatic heterocycles. The third-order valence-electron chi connectivity index (χ3n) is 2.62. The maximum absolute atomic E-state index is 11.1. The molecule has 5 heteroatoms. The third-order valence-corrected chi connectivity index (χ3v) is 2.62. The summed E-state index contributed by atoms with van der Waals surface area (Å²) in [6.07, 6.45) is 4.12.